The molecule has 136 valence electrons. The first kappa shape index (κ1) is 17.7. The van der Waals surface area contributed by atoms with Crippen LogP contribution in [0.2, 0.25) is 0 Å². The minimum Gasteiger partial charge on any atom is -0.379 e. The number of anilines is 2. The quantitative estimate of drug-likeness (QED) is 0.849. The van der Waals surface area contributed by atoms with E-state index in [0.717, 1.165) is 62.8 Å². The molecule has 0 saturated carbocycles. The van der Waals surface area contributed by atoms with Gasteiger partial charge in [0.1, 0.15) is 0 Å². The van der Waals surface area contributed by atoms with Crippen molar-refractivity contribution in [3.05, 3.63) is 23.8 Å². The number of hydrogen-bond acceptors (Lipinski definition) is 4. The van der Waals surface area contributed by atoms with Gasteiger partial charge in [0.2, 0.25) is 5.91 Å². The number of hydrogen-bond donors (Lipinski definition) is 2. The van der Waals surface area contributed by atoms with Crippen LogP contribution in [0.15, 0.2) is 18.2 Å². The van der Waals surface area contributed by atoms with Crippen molar-refractivity contribution in [1.29, 1.82) is 0 Å². The van der Waals surface area contributed by atoms with Gasteiger partial charge < -0.3 is 20.3 Å². The second kappa shape index (κ2) is 8.31. The van der Waals surface area contributed by atoms with E-state index in [2.05, 4.69) is 15.5 Å². The number of rotatable bonds is 5. The molecule has 7 nitrogen and oxygen atoms in total. The molecule has 0 unspecified atom stereocenters. The SMILES string of the molecule is Cc1cc(NC(=O)NCCN2CCOCC2)ccc1N1CCCC1=O. The van der Waals surface area contributed by atoms with Gasteiger partial charge in [0.15, 0.2) is 0 Å². The highest BCUT2D eigenvalue weighted by Crippen LogP contribution is 2.27. The molecule has 0 atom stereocenters. The largest absolute Gasteiger partial charge is 0.379 e. The summed E-state index contributed by atoms with van der Waals surface area (Å²) in [5.41, 5.74) is 2.65. The lowest BCUT2D eigenvalue weighted by atomic mass is 10.1. The summed E-state index contributed by atoms with van der Waals surface area (Å²) in [7, 11) is 0. The molecule has 0 aromatic heterocycles. The van der Waals surface area contributed by atoms with Crippen molar-refractivity contribution in [3.8, 4) is 0 Å². The molecular weight excluding hydrogens is 320 g/mol. The summed E-state index contributed by atoms with van der Waals surface area (Å²) < 4.78 is 5.30. The van der Waals surface area contributed by atoms with Gasteiger partial charge in [-0.05, 0) is 37.1 Å². The molecule has 2 saturated heterocycles. The monoisotopic (exact) mass is 346 g/mol. The molecular formula is C18H26N4O3. The Bertz CT molecular complexity index is 629. The van der Waals surface area contributed by atoms with E-state index in [9.17, 15) is 9.59 Å². The predicted octanol–water partition coefficient (Wildman–Crippen LogP) is 1.58. The molecule has 2 N–H and O–H groups in total. The Hall–Kier alpha value is -2.12. The van der Waals surface area contributed by atoms with Gasteiger partial charge >= 0.3 is 6.03 Å². The highest BCUT2D eigenvalue weighted by Gasteiger charge is 2.23. The van der Waals surface area contributed by atoms with Crippen LogP contribution in [0.1, 0.15) is 18.4 Å². The summed E-state index contributed by atoms with van der Waals surface area (Å²) in [6.07, 6.45) is 1.52. The smallest absolute Gasteiger partial charge is 0.319 e. The molecule has 0 aliphatic carbocycles. The Morgan fingerprint density at radius 1 is 1.24 bits per heavy atom. The van der Waals surface area contributed by atoms with E-state index in [0.29, 0.717) is 13.0 Å². The number of ether oxygens (including phenoxy) is 1. The number of amides is 3. The number of nitrogens with zero attached hydrogens (tertiary/aromatic N) is 2. The van der Waals surface area contributed by atoms with Crippen molar-refractivity contribution >= 4 is 23.3 Å². The molecule has 0 radical (unpaired) electrons. The van der Waals surface area contributed by atoms with Gasteiger partial charge in [0.05, 0.1) is 13.2 Å². The van der Waals surface area contributed by atoms with Crippen molar-refractivity contribution in [3.63, 3.8) is 0 Å². The molecule has 0 bridgehead atoms. The number of carbonyl (C=O) groups excluding carboxylic acids is 2. The van der Waals surface area contributed by atoms with Crippen molar-refractivity contribution in [2.45, 2.75) is 19.8 Å². The maximum absolute atomic E-state index is 12.0. The fourth-order valence-corrected chi connectivity index (χ4v) is 3.27. The van der Waals surface area contributed by atoms with Crippen LogP contribution in [0, 0.1) is 6.92 Å². The second-order valence-corrected chi connectivity index (χ2v) is 6.49. The zero-order valence-corrected chi connectivity index (χ0v) is 14.7. The molecule has 1 aromatic carbocycles. The average Bonchev–Trinajstić information content (AvgIpc) is 3.02. The number of carbonyl (C=O) groups is 2. The number of urea groups is 1. The Morgan fingerprint density at radius 2 is 2.04 bits per heavy atom. The first-order chi connectivity index (χ1) is 12.1. The predicted molar refractivity (Wildman–Crippen MR) is 97.0 cm³/mol. The van der Waals surface area contributed by atoms with Gasteiger partial charge in [-0.25, -0.2) is 4.79 Å². The van der Waals surface area contributed by atoms with Crippen LogP contribution >= 0.6 is 0 Å². The van der Waals surface area contributed by atoms with Crippen molar-refractivity contribution in [2.75, 3.05) is 56.2 Å². The lowest BCUT2D eigenvalue weighted by Crippen LogP contribution is -2.42. The van der Waals surface area contributed by atoms with E-state index in [-0.39, 0.29) is 11.9 Å². The Kier molecular flexibility index (Phi) is 5.88. The van der Waals surface area contributed by atoms with E-state index in [1.54, 1.807) is 0 Å². The third-order valence-corrected chi connectivity index (χ3v) is 4.64. The van der Waals surface area contributed by atoms with Crippen LogP contribution in [-0.4, -0.2) is 62.8 Å². The van der Waals surface area contributed by atoms with Crippen LogP contribution in [0.5, 0.6) is 0 Å². The maximum atomic E-state index is 12.0. The first-order valence-electron chi connectivity index (χ1n) is 8.89. The standard InChI is InChI=1S/C18H26N4O3/c1-14-13-15(4-5-16(14)22-7-2-3-17(22)23)20-18(24)19-6-8-21-9-11-25-12-10-21/h4-5,13H,2-3,6-12H2,1H3,(H2,19,20,24). The lowest BCUT2D eigenvalue weighted by Gasteiger charge is -2.26. The van der Waals surface area contributed by atoms with Crippen LogP contribution in [-0.2, 0) is 9.53 Å². The molecule has 2 aliphatic rings. The maximum Gasteiger partial charge on any atom is 0.319 e. The normalized spacial score (nSPS) is 18.4. The van der Waals surface area contributed by atoms with E-state index < -0.39 is 0 Å². The lowest BCUT2D eigenvalue weighted by molar-refractivity contribution is -0.117. The summed E-state index contributed by atoms with van der Waals surface area (Å²) in [5.74, 6) is 0.171. The summed E-state index contributed by atoms with van der Waals surface area (Å²) in [5, 5.41) is 5.73. The average molecular weight is 346 g/mol. The van der Waals surface area contributed by atoms with Crippen molar-refractivity contribution in [2.24, 2.45) is 0 Å². The number of nitrogens with one attached hydrogen (secondary N) is 2. The van der Waals surface area contributed by atoms with Gasteiger partial charge in [0.25, 0.3) is 0 Å². The highest BCUT2D eigenvalue weighted by atomic mass is 16.5. The fraction of sp³-hybridized carbons (Fsp3) is 0.556. The Labute approximate surface area is 148 Å². The van der Waals surface area contributed by atoms with Gasteiger partial charge in [-0.2, -0.15) is 0 Å². The molecule has 7 heteroatoms. The molecule has 0 spiro atoms. The van der Waals surface area contributed by atoms with Crippen LogP contribution in [0.3, 0.4) is 0 Å². The molecule has 2 aliphatic heterocycles. The van der Waals surface area contributed by atoms with E-state index in [1.165, 1.54) is 0 Å². The highest BCUT2D eigenvalue weighted by molar-refractivity contribution is 5.96. The third kappa shape index (κ3) is 4.70. The fourth-order valence-electron chi connectivity index (χ4n) is 3.27. The van der Waals surface area contributed by atoms with Gasteiger partial charge in [-0.15, -0.1) is 0 Å². The zero-order chi connectivity index (χ0) is 17.6. The number of benzene rings is 1. The van der Waals surface area contributed by atoms with Crippen molar-refractivity contribution < 1.29 is 14.3 Å². The zero-order valence-electron chi connectivity index (χ0n) is 14.7. The summed E-state index contributed by atoms with van der Waals surface area (Å²) in [4.78, 5) is 28.0. The van der Waals surface area contributed by atoms with Gasteiger partial charge in [-0.1, -0.05) is 0 Å². The number of aryl methyl sites for hydroxylation is 1. The van der Waals surface area contributed by atoms with E-state index >= 15 is 0 Å². The third-order valence-electron chi connectivity index (χ3n) is 4.64. The molecule has 1 aromatic rings. The second-order valence-electron chi connectivity index (χ2n) is 6.49. The molecule has 25 heavy (non-hydrogen) atoms. The van der Waals surface area contributed by atoms with E-state index in [4.69, 9.17) is 4.74 Å². The Morgan fingerprint density at radius 3 is 2.72 bits per heavy atom. The Balaban J connectivity index is 1.48. The van der Waals surface area contributed by atoms with E-state index in [1.807, 2.05) is 30.0 Å². The topological polar surface area (TPSA) is 73.9 Å². The molecule has 2 heterocycles. The summed E-state index contributed by atoms with van der Waals surface area (Å²) >= 11 is 0. The van der Waals surface area contributed by atoms with Gasteiger partial charge in [0, 0.05) is 50.5 Å². The van der Waals surface area contributed by atoms with Crippen molar-refractivity contribution in [1.82, 2.24) is 10.2 Å². The minimum atomic E-state index is -0.211. The summed E-state index contributed by atoms with van der Waals surface area (Å²) in [6.45, 7) is 7.51. The first-order valence-corrected chi connectivity index (χ1v) is 8.89. The summed E-state index contributed by atoms with van der Waals surface area (Å²) in [6, 6.07) is 5.44. The van der Waals surface area contributed by atoms with Crippen LogP contribution in [0.25, 0.3) is 0 Å². The molecule has 2 fully saturated rings. The number of morpholine rings is 1. The van der Waals surface area contributed by atoms with Crippen LogP contribution in [0.4, 0.5) is 16.2 Å². The molecule has 3 rings (SSSR count). The molecule has 3 amide bonds. The minimum absolute atomic E-state index is 0.171. The van der Waals surface area contributed by atoms with Gasteiger partial charge in [-0.3, -0.25) is 9.69 Å². The van der Waals surface area contributed by atoms with Crippen LogP contribution < -0.4 is 15.5 Å².